The molecule has 0 radical (unpaired) electrons. The van der Waals surface area contributed by atoms with Crippen molar-refractivity contribution >= 4 is 45.2 Å². The molecule has 1 amide bonds. The van der Waals surface area contributed by atoms with Crippen molar-refractivity contribution in [2.45, 2.75) is 50.6 Å². The first-order valence-corrected chi connectivity index (χ1v) is 10.6. The molecule has 2 aromatic heterocycles. The topological polar surface area (TPSA) is 81.2 Å². The zero-order valence-corrected chi connectivity index (χ0v) is 16.8. The lowest BCUT2D eigenvalue weighted by atomic mass is 9.99. The molecule has 0 saturated carbocycles. The fourth-order valence-electron chi connectivity index (χ4n) is 3.15. The van der Waals surface area contributed by atoms with Gasteiger partial charge in [-0.05, 0) is 30.7 Å². The summed E-state index contributed by atoms with van der Waals surface area (Å²) in [7, 11) is 1.34. The Morgan fingerprint density at radius 1 is 1.38 bits per heavy atom. The first-order chi connectivity index (χ1) is 12.5. The third-order valence-corrected chi connectivity index (χ3v) is 6.98. The molecule has 0 bridgehead atoms. The van der Waals surface area contributed by atoms with E-state index < -0.39 is 12.0 Å². The number of carbonyl (C=O) groups is 2. The lowest BCUT2D eigenvalue weighted by Gasteiger charge is -2.21. The molecule has 0 aliphatic heterocycles. The Kier molecular flexibility index (Phi) is 6.13. The van der Waals surface area contributed by atoms with Gasteiger partial charge in [0.1, 0.15) is 22.2 Å². The van der Waals surface area contributed by atoms with Gasteiger partial charge in [0.15, 0.2) is 0 Å². The summed E-state index contributed by atoms with van der Waals surface area (Å²) in [5, 5.41) is 4.76. The summed E-state index contributed by atoms with van der Waals surface area (Å²) in [4.78, 5) is 35.5. The molecule has 0 fully saturated rings. The Labute approximate surface area is 161 Å². The maximum Gasteiger partial charge on any atom is 0.328 e. The van der Waals surface area contributed by atoms with E-state index >= 15 is 0 Å². The molecule has 1 aliphatic rings. The SMILES string of the molecule is CC[C@@H](C)[C@H](NC(=O)CSc1ncnc2sc3c(c12)CCC3)C(=O)OC. The number of thiophene rings is 1. The van der Waals surface area contributed by atoms with E-state index in [2.05, 4.69) is 15.3 Å². The van der Waals surface area contributed by atoms with Crippen LogP contribution in [0.2, 0.25) is 0 Å². The number of hydrogen-bond acceptors (Lipinski definition) is 7. The van der Waals surface area contributed by atoms with Crippen LogP contribution in [0, 0.1) is 5.92 Å². The van der Waals surface area contributed by atoms with Crippen LogP contribution in [0.5, 0.6) is 0 Å². The number of rotatable bonds is 7. The molecule has 26 heavy (non-hydrogen) atoms. The minimum atomic E-state index is -0.617. The van der Waals surface area contributed by atoms with Gasteiger partial charge in [0, 0.05) is 10.3 Å². The van der Waals surface area contributed by atoms with Crippen LogP contribution in [-0.2, 0) is 27.2 Å². The van der Waals surface area contributed by atoms with Crippen molar-refractivity contribution in [1.29, 1.82) is 0 Å². The van der Waals surface area contributed by atoms with Gasteiger partial charge in [-0.25, -0.2) is 14.8 Å². The summed E-state index contributed by atoms with van der Waals surface area (Å²) in [5.41, 5.74) is 1.35. The van der Waals surface area contributed by atoms with E-state index in [1.165, 1.54) is 35.7 Å². The van der Waals surface area contributed by atoms with E-state index in [-0.39, 0.29) is 17.6 Å². The highest BCUT2D eigenvalue weighted by atomic mass is 32.2. The quantitative estimate of drug-likeness (QED) is 0.442. The van der Waals surface area contributed by atoms with Crippen LogP contribution < -0.4 is 5.32 Å². The normalized spacial score (nSPS) is 15.5. The van der Waals surface area contributed by atoms with Crippen molar-refractivity contribution in [3.8, 4) is 0 Å². The zero-order chi connectivity index (χ0) is 18.7. The van der Waals surface area contributed by atoms with Crippen molar-refractivity contribution in [3.05, 3.63) is 16.8 Å². The number of fused-ring (bicyclic) bond motifs is 3. The number of nitrogens with one attached hydrogen (secondary N) is 1. The Hall–Kier alpha value is -1.67. The number of esters is 1. The highest BCUT2D eigenvalue weighted by molar-refractivity contribution is 8.00. The molecule has 1 aliphatic carbocycles. The maximum atomic E-state index is 12.4. The van der Waals surface area contributed by atoms with E-state index in [0.29, 0.717) is 0 Å². The third kappa shape index (κ3) is 3.86. The Morgan fingerprint density at radius 2 is 2.19 bits per heavy atom. The standard InChI is InChI=1S/C18H23N3O3S2/c1-4-10(2)15(18(23)24-3)21-13(22)8-25-16-14-11-6-5-7-12(11)26-17(14)20-9-19-16/h9-10,15H,4-8H2,1-3H3,(H,21,22)/t10-,15+/m1/s1. The van der Waals surface area contributed by atoms with Gasteiger partial charge in [0.05, 0.1) is 12.9 Å². The second-order valence-corrected chi connectivity index (χ2v) is 8.51. The lowest BCUT2D eigenvalue weighted by Crippen LogP contribution is -2.46. The average molecular weight is 394 g/mol. The van der Waals surface area contributed by atoms with Gasteiger partial charge in [0.2, 0.25) is 5.91 Å². The number of aromatic nitrogens is 2. The summed E-state index contributed by atoms with van der Waals surface area (Å²) < 4.78 is 4.82. The van der Waals surface area contributed by atoms with E-state index in [1.54, 1.807) is 17.7 Å². The van der Waals surface area contributed by atoms with E-state index in [0.717, 1.165) is 34.5 Å². The van der Waals surface area contributed by atoms with Crippen LogP contribution in [-0.4, -0.2) is 40.7 Å². The van der Waals surface area contributed by atoms with Crippen molar-refractivity contribution < 1.29 is 14.3 Å². The van der Waals surface area contributed by atoms with Gasteiger partial charge in [-0.1, -0.05) is 32.0 Å². The Morgan fingerprint density at radius 3 is 2.92 bits per heavy atom. The fourth-order valence-corrected chi connectivity index (χ4v) is 5.28. The Bertz CT molecular complexity index is 821. The summed E-state index contributed by atoms with van der Waals surface area (Å²) in [5.74, 6) is -0.370. The van der Waals surface area contributed by atoms with Gasteiger partial charge < -0.3 is 10.1 Å². The van der Waals surface area contributed by atoms with Gasteiger partial charge >= 0.3 is 5.97 Å². The molecular weight excluding hydrogens is 370 g/mol. The number of aryl methyl sites for hydroxylation is 2. The van der Waals surface area contributed by atoms with Crippen LogP contribution in [0.1, 0.15) is 37.1 Å². The van der Waals surface area contributed by atoms with Crippen molar-refractivity contribution in [2.24, 2.45) is 5.92 Å². The minimum absolute atomic E-state index is 0.0160. The molecule has 1 N–H and O–H groups in total. The number of carbonyl (C=O) groups excluding carboxylic acids is 2. The van der Waals surface area contributed by atoms with E-state index in [1.807, 2.05) is 13.8 Å². The molecule has 0 spiro atoms. The average Bonchev–Trinajstić information content (AvgIpc) is 3.24. The van der Waals surface area contributed by atoms with Crippen molar-refractivity contribution in [3.63, 3.8) is 0 Å². The number of ether oxygens (including phenoxy) is 1. The highest BCUT2D eigenvalue weighted by Crippen LogP contribution is 2.39. The van der Waals surface area contributed by atoms with Gasteiger partial charge in [-0.3, -0.25) is 4.79 Å². The third-order valence-electron chi connectivity index (χ3n) is 4.79. The molecule has 0 saturated heterocycles. The predicted octanol–water partition coefficient (Wildman–Crippen LogP) is 2.98. The molecule has 8 heteroatoms. The van der Waals surface area contributed by atoms with Gasteiger partial charge in [-0.15, -0.1) is 11.3 Å². The largest absolute Gasteiger partial charge is 0.467 e. The first kappa shape index (κ1) is 19.1. The minimum Gasteiger partial charge on any atom is -0.467 e. The summed E-state index contributed by atoms with van der Waals surface area (Å²) >= 11 is 3.13. The highest BCUT2D eigenvalue weighted by Gasteiger charge is 2.27. The van der Waals surface area contributed by atoms with Crippen LogP contribution in [0.25, 0.3) is 10.2 Å². The molecule has 0 aromatic carbocycles. The zero-order valence-electron chi connectivity index (χ0n) is 15.2. The van der Waals surface area contributed by atoms with Crippen LogP contribution in [0.3, 0.4) is 0 Å². The van der Waals surface area contributed by atoms with Crippen LogP contribution in [0.4, 0.5) is 0 Å². The van der Waals surface area contributed by atoms with Crippen LogP contribution in [0.15, 0.2) is 11.4 Å². The van der Waals surface area contributed by atoms with Gasteiger partial charge in [0.25, 0.3) is 0 Å². The maximum absolute atomic E-state index is 12.4. The summed E-state index contributed by atoms with van der Waals surface area (Å²) in [6.45, 7) is 3.91. The molecule has 2 atom stereocenters. The number of amides is 1. The van der Waals surface area contributed by atoms with Crippen molar-refractivity contribution in [2.75, 3.05) is 12.9 Å². The number of methoxy groups -OCH3 is 1. The fraction of sp³-hybridized carbons (Fsp3) is 0.556. The number of nitrogens with zero attached hydrogens (tertiary/aromatic N) is 2. The number of thioether (sulfide) groups is 1. The predicted molar refractivity (Wildman–Crippen MR) is 104 cm³/mol. The smallest absolute Gasteiger partial charge is 0.328 e. The Balaban J connectivity index is 1.70. The molecule has 140 valence electrons. The van der Waals surface area contributed by atoms with Crippen LogP contribution >= 0.6 is 23.1 Å². The van der Waals surface area contributed by atoms with E-state index in [9.17, 15) is 9.59 Å². The molecule has 0 unspecified atom stereocenters. The summed E-state index contributed by atoms with van der Waals surface area (Å²) in [6, 6.07) is -0.617. The van der Waals surface area contributed by atoms with Crippen molar-refractivity contribution in [1.82, 2.24) is 15.3 Å². The van der Waals surface area contributed by atoms with E-state index in [4.69, 9.17) is 4.74 Å². The molecule has 2 heterocycles. The lowest BCUT2D eigenvalue weighted by molar-refractivity contribution is -0.146. The molecule has 3 rings (SSSR count). The number of hydrogen-bond donors (Lipinski definition) is 1. The van der Waals surface area contributed by atoms with Gasteiger partial charge in [-0.2, -0.15) is 0 Å². The second-order valence-electron chi connectivity index (χ2n) is 6.46. The monoisotopic (exact) mass is 393 g/mol. The summed E-state index contributed by atoms with van der Waals surface area (Å²) in [6.07, 6.45) is 5.68. The molecular formula is C18H23N3O3S2. The first-order valence-electron chi connectivity index (χ1n) is 8.80. The molecule has 2 aromatic rings. The molecule has 6 nitrogen and oxygen atoms in total. The second kappa shape index (κ2) is 8.35.